The van der Waals surface area contributed by atoms with Gasteiger partial charge >= 0.3 is 0 Å². The lowest BCUT2D eigenvalue weighted by Crippen LogP contribution is -2.46. The van der Waals surface area contributed by atoms with Crippen LogP contribution in [0.5, 0.6) is 0 Å². The van der Waals surface area contributed by atoms with Gasteiger partial charge in [0.05, 0.1) is 12.6 Å². The summed E-state index contributed by atoms with van der Waals surface area (Å²) >= 11 is 0. The van der Waals surface area contributed by atoms with E-state index in [-0.39, 0.29) is 18.6 Å². The zero-order chi connectivity index (χ0) is 13.1. The van der Waals surface area contributed by atoms with Crippen molar-refractivity contribution in [2.75, 3.05) is 13.2 Å². The summed E-state index contributed by atoms with van der Waals surface area (Å²) in [6, 6.07) is 5.91. The number of carbonyl (C=O) groups excluding carboxylic acids is 1. The van der Waals surface area contributed by atoms with Crippen LogP contribution in [0.4, 0.5) is 0 Å². The Kier molecular flexibility index (Phi) is 4.02. The third kappa shape index (κ3) is 2.41. The number of hydrogen-bond acceptors (Lipinski definition) is 2. The van der Waals surface area contributed by atoms with Crippen molar-refractivity contribution in [1.82, 2.24) is 4.90 Å². The molecule has 3 heteroatoms. The molecular formula is C15H21NO2. The minimum absolute atomic E-state index is 0.00902. The van der Waals surface area contributed by atoms with E-state index in [1.54, 1.807) is 0 Å². The smallest absolute Gasteiger partial charge is 0.254 e. The molecule has 1 atom stereocenters. The van der Waals surface area contributed by atoms with Crippen molar-refractivity contribution in [3.8, 4) is 0 Å². The lowest BCUT2D eigenvalue weighted by atomic mass is 9.97. The molecule has 1 aliphatic rings. The Morgan fingerprint density at radius 2 is 2.00 bits per heavy atom. The van der Waals surface area contributed by atoms with Crippen LogP contribution in [-0.4, -0.2) is 35.1 Å². The number of aliphatic hydroxyl groups excluding tert-OH is 1. The number of nitrogens with zero attached hydrogens (tertiary/aromatic N) is 1. The van der Waals surface area contributed by atoms with Crippen molar-refractivity contribution in [3.63, 3.8) is 0 Å². The highest BCUT2D eigenvalue weighted by Gasteiger charge is 2.28. The Labute approximate surface area is 108 Å². The minimum atomic E-state index is -0.00902. The first-order valence-electron chi connectivity index (χ1n) is 6.63. The van der Waals surface area contributed by atoms with Gasteiger partial charge in [-0.2, -0.15) is 0 Å². The van der Waals surface area contributed by atoms with Gasteiger partial charge in [-0.05, 0) is 44.2 Å². The van der Waals surface area contributed by atoms with Crippen LogP contribution in [-0.2, 0) is 0 Å². The number of aliphatic hydroxyl groups is 1. The highest BCUT2D eigenvalue weighted by molar-refractivity contribution is 5.97. The Hall–Kier alpha value is -1.35. The summed E-state index contributed by atoms with van der Waals surface area (Å²) in [5.74, 6) is 0.0735. The summed E-state index contributed by atoms with van der Waals surface area (Å²) in [5, 5.41) is 9.40. The van der Waals surface area contributed by atoms with E-state index in [4.69, 9.17) is 0 Å². The van der Waals surface area contributed by atoms with Gasteiger partial charge in [-0.3, -0.25) is 4.79 Å². The van der Waals surface area contributed by atoms with E-state index in [2.05, 4.69) is 0 Å². The molecule has 1 amide bonds. The summed E-state index contributed by atoms with van der Waals surface area (Å²) in [7, 11) is 0. The summed E-state index contributed by atoms with van der Waals surface area (Å²) in [6.45, 7) is 4.77. The number of rotatable bonds is 2. The summed E-state index contributed by atoms with van der Waals surface area (Å²) in [5.41, 5.74) is 2.84. The van der Waals surface area contributed by atoms with E-state index in [9.17, 15) is 9.90 Å². The molecule has 1 aliphatic heterocycles. The summed E-state index contributed by atoms with van der Waals surface area (Å²) in [4.78, 5) is 14.5. The molecule has 0 bridgehead atoms. The number of benzene rings is 1. The van der Waals surface area contributed by atoms with E-state index in [1.807, 2.05) is 36.9 Å². The van der Waals surface area contributed by atoms with Crippen molar-refractivity contribution < 1.29 is 9.90 Å². The van der Waals surface area contributed by atoms with Gasteiger partial charge in [0, 0.05) is 12.1 Å². The molecule has 1 unspecified atom stereocenters. The predicted octanol–water partition coefficient (Wildman–Crippen LogP) is 2.29. The Morgan fingerprint density at radius 1 is 1.33 bits per heavy atom. The third-order valence-corrected chi connectivity index (χ3v) is 3.79. The van der Waals surface area contributed by atoms with Gasteiger partial charge in [0.2, 0.25) is 0 Å². The number of carbonyl (C=O) groups is 1. The fourth-order valence-electron chi connectivity index (χ4n) is 2.75. The number of aryl methyl sites for hydroxylation is 2. The first kappa shape index (κ1) is 13.1. The standard InChI is InChI=1S/C15H21NO2/c1-11-6-5-7-12(2)14(11)15(18)16-9-4-3-8-13(16)10-17/h5-7,13,17H,3-4,8-10H2,1-2H3. The second kappa shape index (κ2) is 5.53. The maximum atomic E-state index is 12.6. The molecule has 3 nitrogen and oxygen atoms in total. The van der Waals surface area contributed by atoms with Crippen LogP contribution in [0.1, 0.15) is 40.7 Å². The predicted molar refractivity (Wildman–Crippen MR) is 71.7 cm³/mol. The molecule has 1 aromatic carbocycles. The van der Waals surface area contributed by atoms with E-state index < -0.39 is 0 Å². The number of hydrogen-bond donors (Lipinski definition) is 1. The van der Waals surface area contributed by atoms with Gasteiger partial charge < -0.3 is 10.0 Å². The first-order valence-corrected chi connectivity index (χ1v) is 6.63. The van der Waals surface area contributed by atoms with E-state index in [0.29, 0.717) is 0 Å². The second-order valence-electron chi connectivity index (χ2n) is 5.10. The molecular weight excluding hydrogens is 226 g/mol. The molecule has 18 heavy (non-hydrogen) atoms. The van der Waals surface area contributed by atoms with Crippen molar-refractivity contribution in [2.45, 2.75) is 39.2 Å². The minimum Gasteiger partial charge on any atom is -0.394 e. The van der Waals surface area contributed by atoms with E-state index >= 15 is 0 Å². The first-order chi connectivity index (χ1) is 8.65. The van der Waals surface area contributed by atoms with Gasteiger partial charge in [-0.1, -0.05) is 18.2 Å². The van der Waals surface area contributed by atoms with Crippen LogP contribution >= 0.6 is 0 Å². The van der Waals surface area contributed by atoms with Crippen LogP contribution < -0.4 is 0 Å². The number of likely N-dealkylation sites (tertiary alicyclic amines) is 1. The normalized spacial score (nSPS) is 19.9. The van der Waals surface area contributed by atoms with Gasteiger partial charge in [-0.25, -0.2) is 0 Å². The van der Waals surface area contributed by atoms with Crippen LogP contribution in [0.25, 0.3) is 0 Å². The lowest BCUT2D eigenvalue weighted by Gasteiger charge is -2.35. The SMILES string of the molecule is Cc1cccc(C)c1C(=O)N1CCCCC1CO. The zero-order valence-electron chi connectivity index (χ0n) is 11.1. The summed E-state index contributed by atoms with van der Waals surface area (Å²) in [6.07, 6.45) is 3.04. The van der Waals surface area contributed by atoms with Crippen LogP contribution in [0.2, 0.25) is 0 Å². The Balaban J connectivity index is 2.30. The molecule has 1 saturated heterocycles. The molecule has 98 valence electrons. The molecule has 1 aromatic rings. The second-order valence-corrected chi connectivity index (χ2v) is 5.10. The topological polar surface area (TPSA) is 40.5 Å². The number of amides is 1. The van der Waals surface area contributed by atoms with Crippen LogP contribution in [0.3, 0.4) is 0 Å². The maximum Gasteiger partial charge on any atom is 0.254 e. The highest BCUT2D eigenvalue weighted by atomic mass is 16.3. The van der Waals surface area contributed by atoms with Gasteiger partial charge in [-0.15, -0.1) is 0 Å². The zero-order valence-corrected chi connectivity index (χ0v) is 11.1. The monoisotopic (exact) mass is 247 g/mol. The van der Waals surface area contributed by atoms with Crippen LogP contribution in [0.15, 0.2) is 18.2 Å². The molecule has 0 saturated carbocycles. The lowest BCUT2D eigenvalue weighted by molar-refractivity contribution is 0.0501. The van der Waals surface area contributed by atoms with Gasteiger partial charge in [0.25, 0.3) is 5.91 Å². The number of piperidine rings is 1. The molecule has 1 N–H and O–H groups in total. The van der Waals surface area contributed by atoms with Crippen molar-refractivity contribution in [1.29, 1.82) is 0 Å². The Bertz CT molecular complexity index is 422. The maximum absolute atomic E-state index is 12.6. The van der Waals surface area contributed by atoms with Crippen LogP contribution in [0, 0.1) is 13.8 Å². The summed E-state index contributed by atoms with van der Waals surface area (Å²) < 4.78 is 0. The van der Waals surface area contributed by atoms with E-state index in [1.165, 1.54) is 0 Å². The van der Waals surface area contributed by atoms with Crippen molar-refractivity contribution >= 4 is 5.91 Å². The average Bonchev–Trinajstić information content (AvgIpc) is 2.38. The van der Waals surface area contributed by atoms with Gasteiger partial charge in [0.1, 0.15) is 0 Å². The van der Waals surface area contributed by atoms with Gasteiger partial charge in [0.15, 0.2) is 0 Å². The highest BCUT2D eigenvalue weighted by Crippen LogP contribution is 2.22. The molecule has 0 spiro atoms. The molecule has 0 aliphatic carbocycles. The molecule has 0 radical (unpaired) electrons. The quantitative estimate of drug-likeness (QED) is 0.871. The molecule has 0 aromatic heterocycles. The van der Waals surface area contributed by atoms with Crippen molar-refractivity contribution in [3.05, 3.63) is 34.9 Å². The molecule has 1 fully saturated rings. The van der Waals surface area contributed by atoms with Crippen molar-refractivity contribution in [2.24, 2.45) is 0 Å². The van der Waals surface area contributed by atoms with E-state index in [0.717, 1.165) is 42.5 Å². The largest absolute Gasteiger partial charge is 0.394 e. The fraction of sp³-hybridized carbons (Fsp3) is 0.533. The molecule has 1 heterocycles. The fourth-order valence-corrected chi connectivity index (χ4v) is 2.75. The Morgan fingerprint density at radius 3 is 2.61 bits per heavy atom. The average molecular weight is 247 g/mol. The molecule has 2 rings (SSSR count). The third-order valence-electron chi connectivity index (χ3n) is 3.79.